The number of ether oxygens (including phenoxy) is 1. The summed E-state index contributed by atoms with van der Waals surface area (Å²) in [6.07, 6.45) is 0. The Morgan fingerprint density at radius 3 is 2.84 bits per heavy atom. The van der Waals surface area contributed by atoms with E-state index in [2.05, 4.69) is 10.3 Å². The number of nitrogens with two attached hydrogens (primary N) is 1. The van der Waals surface area contributed by atoms with E-state index in [0.717, 1.165) is 0 Å². The molecule has 98 valence electrons. The average Bonchev–Trinajstić information content (AvgIpc) is 2.36. The number of nitrogens with one attached hydrogen (secondary N) is 1. The molecule has 19 heavy (non-hydrogen) atoms. The second kappa shape index (κ2) is 6.06. The maximum atomic E-state index is 11.6. The van der Waals surface area contributed by atoms with Crippen molar-refractivity contribution in [2.45, 2.75) is 0 Å². The Morgan fingerprint density at radius 1 is 1.32 bits per heavy atom. The van der Waals surface area contributed by atoms with Gasteiger partial charge in [0.25, 0.3) is 5.91 Å². The average molecular weight is 278 g/mol. The van der Waals surface area contributed by atoms with Gasteiger partial charge in [-0.2, -0.15) is 0 Å². The van der Waals surface area contributed by atoms with Crippen molar-refractivity contribution in [3.8, 4) is 5.75 Å². The van der Waals surface area contributed by atoms with Gasteiger partial charge in [0.05, 0.1) is 0 Å². The molecule has 0 aliphatic heterocycles. The predicted molar refractivity (Wildman–Crippen MR) is 74.2 cm³/mol. The van der Waals surface area contributed by atoms with Crippen molar-refractivity contribution in [3.05, 3.63) is 47.6 Å². The number of benzene rings is 1. The molecule has 0 aliphatic rings. The van der Waals surface area contributed by atoms with Crippen molar-refractivity contribution in [2.24, 2.45) is 0 Å². The SMILES string of the molecule is Nc1cccc(OCC(=O)Nc2cccc(Cl)n2)c1. The molecule has 0 bridgehead atoms. The highest BCUT2D eigenvalue weighted by Crippen LogP contribution is 2.14. The highest BCUT2D eigenvalue weighted by Gasteiger charge is 2.05. The lowest BCUT2D eigenvalue weighted by Gasteiger charge is -2.07. The van der Waals surface area contributed by atoms with E-state index in [1.165, 1.54) is 0 Å². The number of carbonyl (C=O) groups is 1. The molecular weight excluding hydrogens is 266 g/mol. The first-order valence-electron chi connectivity index (χ1n) is 5.54. The van der Waals surface area contributed by atoms with Gasteiger partial charge in [-0.05, 0) is 24.3 Å². The van der Waals surface area contributed by atoms with Gasteiger partial charge in [0, 0.05) is 11.8 Å². The van der Waals surface area contributed by atoms with E-state index in [1.54, 1.807) is 42.5 Å². The molecule has 5 nitrogen and oxygen atoms in total. The third-order valence-corrected chi connectivity index (χ3v) is 2.42. The molecule has 2 rings (SSSR count). The lowest BCUT2D eigenvalue weighted by atomic mass is 10.3. The molecule has 1 aromatic heterocycles. The predicted octanol–water partition coefficient (Wildman–Crippen LogP) is 2.33. The highest BCUT2D eigenvalue weighted by atomic mass is 35.5. The molecule has 3 N–H and O–H groups in total. The molecular formula is C13H12ClN3O2. The minimum Gasteiger partial charge on any atom is -0.484 e. The summed E-state index contributed by atoms with van der Waals surface area (Å²) >= 11 is 5.71. The van der Waals surface area contributed by atoms with E-state index < -0.39 is 0 Å². The molecule has 1 amide bonds. The molecule has 0 aliphatic carbocycles. The molecule has 0 saturated heterocycles. The maximum absolute atomic E-state index is 11.6. The summed E-state index contributed by atoms with van der Waals surface area (Å²) in [5, 5.41) is 2.89. The summed E-state index contributed by atoms with van der Waals surface area (Å²) in [6, 6.07) is 11.8. The Balaban J connectivity index is 1.88. The third kappa shape index (κ3) is 4.15. The van der Waals surface area contributed by atoms with E-state index in [4.69, 9.17) is 22.1 Å². The van der Waals surface area contributed by atoms with Crippen LogP contribution in [0.2, 0.25) is 5.15 Å². The van der Waals surface area contributed by atoms with Gasteiger partial charge in [-0.1, -0.05) is 23.7 Å². The summed E-state index contributed by atoms with van der Waals surface area (Å²) < 4.78 is 5.30. The van der Waals surface area contributed by atoms with Crippen LogP contribution in [0.25, 0.3) is 0 Å². The van der Waals surface area contributed by atoms with Crippen LogP contribution in [-0.2, 0) is 4.79 Å². The van der Waals surface area contributed by atoms with Gasteiger partial charge >= 0.3 is 0 Å². The maximum Gasteiger partial charge on any atom is 0.263 e. The van der Waals surface area contributed by atoms with Crippen LogP contribution in [-0.4, -0.2) is 17.5 Å². The molecule has 2 aromatic rings. The molecule has 0 atom stereocenters. The first-order chi connectivity index (χ1) is 9.13. The second-order valence-electron chi connectivity index (χ2n) is 3.75. The fraction of sp³-hybridized carbons (Fsp3) is 0.0769. The number of hydrogen-bond acceptors (Lipinski definition) is 4. The largest absolute Gasteiger partial charge is 0.484 e. The van der Waals surface area contributed by atoms with E-state index in [0.29, 0.717) is 22.4 Å². The second-order valence-corrected chi connectivity index (χ2v) is 4.14. The van der Waals surface area contributed by atoms with E-state index >= 15 is 0 Å². The van der Waals surface area contributed by atoms with Crippen LogP contribution in [0.1, 0.15) is 0 Å². The number of halogens is 1. The van der Waals surface area contributed by atoms with Gasteiger partial charge in [-0.3, -0.25) is 4.79 Å². The van der Waals surface area contributed by atoms with Crippen molar-refractivity contribution >= 4 is 29.0 Å². The molecule has 0 saturated carbocycles. The van der Waals surface area contributed by atoms with E-state index in [1.807, 2.05) is 0 Å². The van der Waals surface area contributed by atoms with Crippen LogP contribution in [0.15, 0.2) is 42.5 Å². The van der Waals surface area contributed by atoms with Crippen molar-refractivity contribution in [1.29, 1.82) is 0 Å². The first kappa shape index (κ1) is 13.2. The summed E-state index contributed by atoms with van der Waals surface area (Å²) in [6.45, 7) is -0.127. The summed E-state index contributed by atoms with van der Waals surface area (Å²) in [4.78, 5) is 15.6. The molecule has 0 fully saturated rings. The van der Waals surface area contributed by atoms with Crippen LogP contribution >= 0.6 is 11.6 Å². The molecule has 1 heterocycles. The van der Waals surface area contributed by atoms with Gasteiger partial charge in [0.2, 0.25) is 0 Å². The number of hydrogen-bond donors (Lipinski definition) is 2. The fourth-order valence-corrected chi connectivity index (χ4v) is 1.57. The van der Waals surface area contributed by atoms with Crippen LogP contribution < -0.4 is 15.8 Å². The van der Waals surface area contributed by atoms with Crippen LogP contribution in [0.5, 0.6) is 5.75 Å². The number of pyridine rings is 1. The van der Waals surface area contributed by atoms with Gasteiger partial charge < -0.3 is 15.8 Å². The molecule has 0 spiro atoms. The topological polar surface area (TPSA) is 77.2 Å². The molecule has 6 heteroatoms. The Morgan fingerprint density at radius 2 is 2.11 bits per heavy atom. The van der Waals surface area contributed by atoms with E-state index in [9.17, 15) is 4.79 Å². The number of aromatic nitrogens is 1. The van der Waals surface area contributed by atoms with Crippen molar-refractivity contribution in [1.82, 2.24) is 4.98 Å². The van der Waals surface area contributed by atoms with Gasteiger partial charge in [-0.15, -0.1) is 0 Å². The first-order valence-corrected chi connectivity index (χ1v) is 5.92. The quantitative estimate of drug-likeness (QED) is 0.664. The van der Waals surface area contributed by atoms with Gasteiger partial charge in [-0.25, -0.2) is 4.98 Å². The van der Waals surface area contributed by atoms with Crippen LogP contribution in [0.3, 0.4) is 0 Å². The van der Waals surface area contributed by atoms with Gasteiger partial charge in [0.1, 0.15) is 16.7 Å². The molecule has 0 unspecified atom stereocenters. The number of anilines is 2. The normalized spacial score (nSPS) is 9.95. The lowest BCUT2D eigenvalue weighted by molar-refractivity contribution is -0.118. The zero-order valence-corrected chi connectivity index (χ0v) is 10.7. The molecule has 1 aromatic carbocycles. The Hall–Kier alpha value is -2.27. The van der Waals surface area contributed by atoms with Gasteiger partial charge in [0.15, 0.2) is 6.61 Å². The standard InChI is InChI=1S/C13H12ClN3O2/c14-11-5-2-6-12(16-11)17-13(18)8-19-10-4-1-3-9(15)7-10/h1-7H,8,15H2,(H,16,17,18). The minimum atomic E-state index is -0.322. The van der Waals surface area contributed by atoms with Crippen molar-refractivity contribution in [3.63, 3.8) is 0 Å². The zero-order chi connectivity index (χ0) is 13.7. The third-order valence-electron chi connectivity index (χ3n) is 2.21. The van der Waals surface area contributed by atoms with Crippen molar-refractivity contribution in [2.75, 3.05) is 17.7 Å². The Labute approximate surface area is 115 Å². The fourth-order valence-electron chi connectivity index (χ4n) is 1.41. The van der Waals surface area contributed by atoms with Crippen molar-refractivity contribution < 1.29 is 9.53 Å². The number of nitrogens with zero attached hydrogens (tertiary/aromatic N) is 1. The highest BCUT2D eigenvalue weighted by molar-refractivity contribution is 6.29. The van der Waals surface area contributed by atoms with Crippen LogP contribution in [0, 0.1) is 0 Å². The monoisotopic (exact) mass is 277 g/mol. The number of rotatable bonds is 4. The molecule has 0 radical (unpaired) electrons. The summed E-state index contributed by atoms with van der Waals surface area (Å²) in [5.41, 5.74) is 6.18. The summed E-state index contributed by atoms with van der Waals surface area (Å²) in [7, 11) is 0. The number of amides is 1. The number of nitrogen functional groups attached to an aromatic ring is 1. The lowest BCUT2D eigenvalue weighted by Crippen LogP contribution is -2.20. The number of carbonyl (C=O) groups excluding carboxylic acids is 1. The summed E-state index contributed by atoms with van der Waals surface area (Å²) in [5.74, 6) is 0.597. The Kier molecular flexibility index (Phi) is 4.20. The Bertz CT molecular complexity index is 590. The zero-order valence-electron chi connectivity index (χ0n) is 9.97. The minimum absolute atomic E-state index is 0.127. The van der Waals surface area contributed by atoms with Crippen LogP contribution in [0.4, 0.5) is 11.5 Å². The smallest absolute Gasteiger partial charge is 0.263 e. The van der Waals surface area contributed by atoms with E-state index in [-0.39, 0.29) is 12.5 Å².